The van der Waals surface area contributed by atoms with Crippen molar-refractivity contribution in [2.45, 2.75) is 24.0 Å². The number of nitrogens with one attached hydrogen (secondary N) is 1. The molecule has 6 nitrogen and oxygen atoms in total. The number of carbonyl (C=O) groups excluding carboxylic acids is 1. The Morgan fingerprint density at radius 3 is 2.36 bits per heavy atom. The van der Waals surface area contributed by atoms with Gasteiger partial charge in [-0.2, -0.15) is 0 Å². The molecule has 1 amide bonds. The number of carbonyl (C=O) groups is 1. The van der Waals surface area contributed by atoms with Crippen LogP contribution in [0.1, 0.15) is 23.5 Å². The number of nitro groups is 1. The van der Waals surface area contributed by atoms with E-state index < -0.39 is 28.5 Å². The lowest BCUT2D eigenvalue weighted by atomic mass is 9.76. The normalized spacial score (nSPS) is 28.6. The molecule has 2 saturated heterocycles. The van der Waals surface area contributed by atoms with E-state index in [0.29, 0.717) is 19.5 Å². The van der Waals surface area contributed by atoms with E-state index in [1.165, 1.54) is 0 Å². The minimum atomic E-state index is -1.24. The van der Waals surface area contributed by atoms with E-state index >= 15 is 0 Å². The molecule has 1 N–H and O–H groups in total. The Labute approximate surface area is 145 Å². The molecule has 0 aliphatic carbocycles. The average Bonchev–Trinajstić information content (AvgIpc) is 3.08. The van der Waals surface area contributed by atoms with Crippen molar-refractivity contribution in [3.05, 3.63) is 81.9 Å². The Morgan fingerprint density at radius 2 is 1.72 bits per heavy atom. The fraction of sp³-hybridized carbons (Fsp3) is 0.316. The fourth-order valence-corrected chi connectivity index (χ4v) is 4.23. The highest BCUT2D eigenvalue weighted by Crippen LogP contribution is 2.45. The molecule has 2 aromatic rings. The second kappa shape index (κ2) is 5.97. The summed E-state index contributed by atoms with van der Waals surface area (Å²) in [4.78, 5) is 26.0. The van der Waals surface area contributed by atoms with Crippen molar-refractivity contribution in [1.82, 2.24) is 10.2 Å². The maximum absolute atomic E-state index is 13.1. The van der Waals surface area contributed by atoms with E-state index in [0.717, 1.165) is 11.1 Å². The van der Waals surface area contributed by atoms with E-state index in [9.17, 15) is 14.9 Å². The second-order valence-electron chi connectivity index (χ2n) is 6.59. The molecule has 0 saturated carbocycles. The van der Waals surface area contributed by atoms with Gasteiger partial charge in [0.1, 0.15) is 5.66 Å². The summed E-state index contributed by atoms with van der Waals surface area (Å²) in [6.07, 6.45) is 0.485. The smallest absolute Gasteiger partial charge is 0.299 e. The number of nitrogens with zero attached hydrogens (tertiary/aromatic N) is 2. The number of rotatable bonds is 3. The maximum Gasteiger partial charge on any atom is 0.299 e. The van der Waals surface area contributed by atoms with Crippen LogP contribution in [0.3, 0.4) is 0 Å². The van der Waals surface area contributed by atoms with Gasteiger partial charge in [-0.1, -0.05) is 60.7 Å². The van der Waals surface area contributed by atoms with Crippen LogP contribution >= 0.6 is 0 Å². The SMILES string of the molecule is O=C1C([N+](=O)[O-])C(c2ccccc2)CC2(c3ccccc3)NCCN12. The van der Waals surface area contributed by atoms with E-state index in [4.69, 9.17) is 0 Å². The van der Waals surface area contributed by atoms with Crippen molar-refractivity contribution in [2.24, 2.45) is 0 Å². The molecule has 6 heteroatoms. The Hall–Kier alpha value is -2.73. The lowest BCUT2D eigenvalue weighted by molar-refractivity contribution is -0.516. The topological polar surface area (TPSA) is 75.5 Å². The van der Waals surface area contributed by atoms with Crippen LogP contribution in [0, 0.1) is 10.1 Å². The van der Waals surface area contributed by atoms with Crippen LogP contribution in [0.5, 0.6) is 0 Å². The lowest BCUT2D eigenvalue weighted by Gasteiger charge is -2.46. The van der Waals surface area contributed by atoms with Gasteiger partial charge in [-0.05, 0) is 11.1 Å². The summed E-state index contributed by atoms with van der Waals surface area (Å²) in [5, 5.41) is 15.2. The number of benzene rings is 2. The molecule has 3 unspecified atom stereocenters. The van der Waals surface area contributed by atoms with Crippen LogP contribution in [-0.4, -0.2) is 34.9 Å². The summed E-state index contributed by atoms with van der Waals surface area (Å²) >= 11 is 0. The predicted octanol–water partition coefficient (Wildman–Crippen LogP) is 2.10. The Bertz CT molecular complexity index is 796. The average molecular weight is 337 g/mol. The molecule has 2 aliphatic rings. The van der Waals surface area contributed by atoms with Crippen molar-refractivity contribution < 1.29 is 9.72 Å². The number of amides is 1. The summed E-state index contributed by atoms with van der Waals surface area (Å²) < 4.78 is 0. The summed E-state index contributed by atoms with van der Waals surface area (Å²) in [7, 11) is 0. The first-order chi connectivity index (χ1) is 12.1. The van der Waals surface area contributed by atoms with Gasteiger partial charge >= 0.3 is 0 Å². The number of hydrogen-bond donors (Lipinski definition) is 1. The molecule has 2 heterocycles. The van der Waals surface area contributed by atoms with Gasteiger partial charge in [0.2, 0.25) is 0 Å². The third-order valence-corrected chi connectivity index (χ3v) is 5.34. The van der Waals surface area contributed by atoms with Crippen molar-refractivity contribution in [1.29, 1.82) is 0 Å². The largest absolute Gasteiger partial charge is 0.313 e. The van der Waals surface area contributed by atoms with Crippen molar-refractivity contribution >= 4 is 5.91 Å². The predicted molar refractivity (Wildman–Crippen MR) is 92.4 cm³/mol. The molecule has 2 aliphatic heterocycles. The highest BCUT2D eigenvalue weighted by Gasteiger charge is 2.58. The molecule has 3 atom stereocenters. The molecular weight excluding hydrogens is 318 g/mol. The summed E-state index contributed by atoms with van der Waals surface area (Å²) in [6.45, 7) is 1.12. The third-order valence-electron chi connectivity index (χ3n) is 5.34. The standard InChI is InChI=1S/C19H19N3O3/c23-18-17(22(24)25)16(14-7-3-1-4-8-14)13-19(20-11-12-21(18)19)15-9-5-2-6-10-15/h1-10,16-17,20H,11-13H2. The summed E-state index contributed by atoms with van der Waals surface area (Å²) in [6, 6.07) is 17.9. The highest BCUT2D eigenvalue weighted by atomic mass is 16.6. The number of fused-ring (bicyclic) bond motifs is 1. The molecule has 25 heavy (non-hydrogen) atoms. The molecular formula is C19H19N3O3. The van der Waals surface area contributed by atoms with Crippen LogP contribution in [0.15, 0.2) is 60.7 Å². The van der Waals surface area contributed by atoms with E-state index in [1.54, 1.807) is 4.90 Å². The zero-order chi connectivity index (χ0) is 17.4. The Balaban J connectivity index is 1.84. The highest BCUT2D eigenvalue weighted by molar-refractivity contribution is 5.84. The number of hydrogen-bond acceptors (Lipinski definition) is 4. The molecule has 0 radical (unpaired) electrons. The van der Waals surface area contributed by atoms with E-state index in [2.05, 4.69) is 5.32 Å². The number of piperidine rings is 1. The Morgan fingerprint density at radius 1 is 1.08 bits per heavy atom. The first kappa shape index (κ1) is 15.8. The zero-order valence-electron chi connectivity index (χ0n) is 13.7. The van der Waals surface area contributed by atoms with Crippen LogP contribution < -0.4 is 5.32 Å². The first-order valence-corrected chi connectivity index (χ1v) is 8.44. The molecule has 0 bridgehead atoms. The van der Waals surface area contributed by atoms with Gasteiger partial charge in [-0.3, -0.25) is 20.2 Å². The van der Waals surface area contributed by atoms with Crippen LogP contribution in [0.4, 0.5) is 0 Å². The Kier molecular flexibility index (Phi) is 3.77. The minimum Gasteiger partial charge on any atom is -0.313 e. The molecule has 4 rings (SSSR count). The molecule has 128 valence electrons. The second-order valence-corrected chi connectivity index (χ2v) is 6.59. The molecule has 2 aromatic carbocycles. The quantitative estimate of drug-likeness (QED) is 0.687. The van der Waals surface area contributed by atoms with Crippen molar-refractivity contribution in [2.75, 3.05) is 13.1 Å². The monoisotopic (exact) mass is 337 g/mol. The molecule has 2 fully saturated rings. The van der Waals surface area contributed by atoms with E-state index in [-0.39, 0.29) is 0 Å². The molecule has 0 spiro atoms. The maximum atomic E-state index is 13.1. The third kappa shape index (κ3) is 2.41. The van der Waals surface area contributed by atoms with Crippen LogP contribution in [0.2, 0.25) is 0 Å². The zero-order valence-corrected chi connectivity index (χ0v) is 13.7. The van der Waals surface area contributed by atoms with Crippen molar-refractivity contribution in [3.8, 4) is 0 Å². The van der Waals surface area contributed by atoms with Crippen molar-refractivity contribution in [3.63, 3.8) is 0 Å². The minimum absolute atomic E-state index is 0.404. The lowest BCUT2D eigenvalue weighted by Crippen LogP contribution is -2.62. The van der Waals surface area contributed by atoms with Gasteiger partial charge in [-0.25, -0.2) is 0 Å². The van der Waals surface area contributed by atoms with Crippen LogP contribution in [0.25, 0.3) is 0 Å². The first-order valence-electron chi connectivity index (χ1n) is 8.44. The van der Waals surface area contributed by atoms with Gasteiger partial charge in [0, 0.05) is 24.4 Å². The summed E-state index contributed by atoms with van der Waals surface area (Å²) in [5.74, 6) is -0.871. The van der Waals surface area contributed by atoms with Gasteiger partial charge < -0.3 is 4.90 Å². The van der Waals surface area contributed by atoms with E-state index in [1.807, 2.05) is 60.7 Å². The van der Waals surface area contributed by atoms with Gasteiger partial charge in [0.25, 0.3) is 11.9 Å². The van der Waals surface area contributed by atoms with Gasteiger partial charge in [-0.15, -0.1) is 0 Å². The van der Waals surface area contributed by atoms with Crippen LogP contribution in [-0.2, 0) is 10.5 Å². The summed E-state index contributed by atoms with van der Waals surface area (Å²) in [5.41, 5.74) is 1.13. The fourth-order valence-electron chi connectivity index (χ4n) is 4.23. The van der Waals surface area contributed by atoms with Gasteiger partial charge in [0.15, 0.2) is 0 Å². The van der Waals surface area contributed by atoms with Gasteiger partial charge in [0.05, 0.1) is 5.92 Å². The molecule has 0 aromatic heterocycles.